The third kappa shape index (κ3) is 7.17. The Morgan fingerprint density at radius 3 is 2.29 bits per heavy atom. The van der Waals surface area contributed by atoms with Gasteiger partial charge >= 0.3 is 6.18 Å². The largest absolute Gasteiger partial charge is 0.419 e. The molecule has 0 aliphatic carbocycles. The molecule has 0 radical (unpaired) electrons. The van der Waals surface area contributed by atoms with Crippen LogP contribution in [0, 0.1) is 5.82 Å². The molecule has 2 saturated heterocycles. The fourth-order valence-corrected chi connectivity index (χ4v) is 6.69. The maximum absolute atomic E-state index is 14.3. The number of amides is 1. The number of hydrogen-bond donors (Lipinski definition) is 1. The molecule has 2 aliphatic heterocycles. The monoisotopic (exact) mass is 634 g/mol. The van der Waals surface area contributed by atoms with E-state index < -0.39 is 27.8 Å². The topological polar surface area (TPSA) is 93.4 Å². The molecule has 1 amide bonds. The number of piperazine rings is 1. The molecule has 2 aliphatic rings. The Hall–Kier alpha value is -2.49. The Bertz CT molecular complexity index is 1400. The fraction of sp³-hybridized carbons (Fsp3) is 0.519. The molecule has 15 heteroatoms. The summed E-state index contributed by atoms with van der Waals surface area (Å²) in [6.07, 6.45) is -4.78. The maximum atomic E-state index is 14.3. The summed E-state index contributed by atoms with van der Waals surface area (Å²) in [6, 6.07) is 7.91. The Kier molecular flexibility index (Phi) is 9.75. The minimum Gasteiger partial charge on any atom is -0.398 e. The zero-order chi connectivity index (χ0) is 31.0. The molecule has 2 unspecified atom stereocenters. The normalized spacial score (nSPS) is 21.0. The van der Waals surface area contributed by atoms with Crippen molar-refractivity contribution >= 4 is 33.4 Å². The molecule has 0 spiro atoms. The fourth-order valence-electron chi connectivity index (χ4n) is 5.49. The highest BCUT2D eigenvalue weighted by Crippen LogP contribution is 2.35. The van der Waals surface area contributed by atoms with Crippen LogP contribution in [0.3, 0.4) is 0 Å². The number of hydrogen-bond acceptors (Lipinski definition) is 6. The molecule has 232 valence electrons. The molecule has 9 nitrogen and oxygen atoms in total. The van der Waals surface area contributed by atoms with Crippen LogP contribution >= 0.6 is 11.6 Å². The molecule has 2 heterocycles. The maximum Gasteiger partial charge on any atom is 0.419 e. The summed E-state index contributed by atoms with van der Waals surface area (Å²) >= 11 is 6.13. The van der Waals surface area contributed by atoms with Gasteiger partial charge in [0.1, 0.15) is 5.82 Å². The van der Waals surface area contributed by atoms with Gasteiger partial charge in [0.05, 0.1) is 22.8 Å². The summed E-state index contributed by atoms with van der Waals surface area (Å²) in [4.78, 5) is 19.0. The minimum atomic E-state index is -4.78. The molecule has 4 rings (SSSR count). The number of carbonyl (C=O) groups excluding carboxylic acids is 1. The standard InChI is InChI=1S/C27H35ClF4N6O3S/c1-34(2)42(40,41)38-10-8-36(9-11-38)17-26(39)37-15-20(19-5-7-22(28)24(33)13-19)25(16-37)35(3)14-18-4-6-21(23(29)12-18)27(30,31)32/h4-7,12-13,20,25H,8-11,14-17,33H2,1-3H3. The van der Waals surface area contributed by atoms with Gasteiger partial charge in [0.25, 0.3) is 10.2 Å². The van der Waals surface area contributed by atoms with Crippen molar-refractivity contribution in [2.24, 2.45) is 0 Å². The number of carbonyl (C=O) groups is 1. The van der Waals surface area contributed by atoms with Crippen LogP contribution in [0.4, 0.5) is 23.2 Å². The minimum absolute atomic E-state index is 0.117. The molecule has 0 saturated carbocycles. The third-order valence-corrected chi connectivity index (χ3v) is 10.2. The molecule has 2 atom stereocenters. The van der Waals surface area contributed by atoms with Crippen molar-refractivity contribution < 1.29 is 30.8 Å². The van der Waals surface area contributed by atoms with Gasteiger partial charge in [-0.25, -0.2) is 4.39 Å². The molecule has 42 heavy (non-hydrogen) atoms. The number of halogens is 5. The van der Waals surface area contributed by atoms with Gasteiger partial charge in [-0.3, -0.25) is 14.6 Å². The molecular weight excluding hydrogens is 600 g/mol. The van der Waals surface area contributed by atoms with E-state index in [1.54, 1.807) is 24.1 Å². The number of likely N-dealkylation sites (N-methyl/N-ethyl adjacent to an activating group) is 1. The summed E-state index contributed by atoms with van der Waals surface area (Å²) in [6.45, 7) is 2.34. The predicted octanol–water partition coefficient (Wildman–Crippen LogP) is 2.93. The first-order chi connectivity index (χ1) is 19.6. The lowest BCUT2D eigenvalue weighted by molar-refractivity contribution is -0.140. The molecule has 0 aromatic heterocycles. The molecule has 2 aromatic carbocycles. The number of anilines is 1. The van der Waals surface area contributed by atoms with Gasteiger partial charge in [0, 0.05) is 71.9 Å². The van der Waals surface area contributed by atoms with Crippen molar-refractivity contribution in [1.82, 2.24) is 23.3 Å². The second-order valence-electron chi connectivity index (χ2n) is 10.9. The highest BCUT2D eigenvalue weighted by molar-refractivity contribution is 7.86. The zero-order valence-corrected chi connectivity index (χ0v) is 25.2. The zero-order valence-electron chi connectivity index (χ0n) is 23.6. The number of rotatable bonds is 8. The van der Waals surface area contributed by atoms with E-state index in [9.17, 15) is 30.8 Å². The molecular formula is C27H35ClF4N6O3S. The number of alkyl halides is 3. The van der Waals surface area contributed by atoms with Crippen LogP contribution < -0.4 is 5.73 Å². The lowest BCUT2D eigenvalue weighted by atomic mass is 9.92. The van der Waals surface area contributed by atoms with Crippen LogP contribution in [-0.4, -0.2) is 111 Å². The third-order valence-electron chi connectivity index (χ3n) is 7.90. The van der Waals surface area contributed by atoms with Crippen molar-refractivity contribution in [3.05, 3.63) is 63.9 Å². The lowest BCUT2D eigenvalue weighted by Gasteiger charge is -2.35. The first-order valence-electron chi connectivity index (χ1n) is 13.4. The van der Waals surface area contributed by atoms with Gasteiger partial charge in [0.15, 0.2) is 0 Å². The van der Waals surface area contributed by atoms with Crippen LogP contribution in [0.25, 0.3) is 0 Å². The first kappa shape index (κ1) is 32.4. The highest BCUT2D eigenvalue weighted by atomic mass is 35.5. The second-order valence-corrected chi connectivity index (χ2v) is 13.5. The Morgan fingerprint density at radius 2 is 1.71 bits per heavy atom. The molecule has 0 bridgehead atoms. The average Bonchev–Trinajstić information content (AvgIpc) is 3.36. The van der Waals surface area contributed by atoms with Gasteiger partial charge in [-0.15, -0.1) is 0 Å². The lowest BCUT2D eigenvalue weighted by Crippen LogP contribution is -2.53. The van der Waals surface area contributed by atoms with Gasteiger partial charge in [-0.2, -0.15) is 30.2 Å². The van der Waals surface area contributed by atoms with Gasteiger partial charge in [-0.05, 0) is 42.4 Å². The number of nitrogens with two attached hydrogens (primary N) is 1. The van der Waals surface area contributed by atoms with Crippen molar-refractivity contribution in [3.8, 4) is 0 Å². The van der Waals surface area contributed by atoms with E-state index in [2.05, 4.69) is 0 Å². The van der Waals surface area contributed by atoms with Crippen molar-refractivity contribution in [1.29, 1.82) is 0 Å². The second kappa shape index (κ2) is 12.6. The highest BCUT2D eigenvalue weighted by Gasteiger charge is 2.40. The van der Waals surface area contributed by atoms with Crippen LogP contribution in [0.5, 0.6) is 0 Å². The predicted molar refractivity (Wildman–Crippen MR) is 152 cm³/mol. The Morgan fingerprint density at radius 1 is 1.05 bits per heavy atom. The number of nitrogens with zero attached hydrogens (tertiary/aromatic N) is 5. The van der Waals surface area contributed by atoms with E-state index in [0.29, 0.717) is 42.5 Å². The van der Waals surface area contributed by atoms with Gasteiger partial charge in [0.2, 0.25) is 5.91 Å². The molecule has 2 aromatic rings. The van der Waals surface area contributed by atoms with Crippen LogP contribution in [-0.2, 0) is 27.7 Å². The number of benzene rings is 2. The summed E-state index contributed by atoms with van der Waals surface area (Å²) in [7, 11) is 1.21. The summed E-state index contributed by atoms with van der Waals surface area (Å²) < 4.78 is 80.7. The quantitative estimate of drug-likeness (QED) is 0.355. The summed E-state index contributed by atoms with van der Waals surface area (Å²) in [5, 5.41) is 0.394. The average molecular weight is 635 g/mol. The van der Waals surface area contributed by atoms with Crippen LogP contribution in [0.2, 0.25) is 5.02 Å². The van der Waals surface area contributed by atoms with Crippen LogP contribution in [0.1, 0.15) is 22.6 Å². The SMILES string of the molecule is CN(Cc1ccc(C(F)(F)F)c(F)c1)C1CN(C(=O)CN2CCN(S(=O)(=O)N(C)C)CC2)CC1c1ccc(Cl)c(N)c1. The van der Waals surface area contributed by atoms with E-state index in [-0.39, 0.29) is 44.0 Å². The van der Waals surface area contributed by atoms with Gasteiger partial charge < -0.3 is 10.6 Å². The first-order valence-corrected chi connectivity index (χ1v) is 15.1. The van der Waals surface area contributed by atoms with E-state index in [4.69, 9.17) is 17.3 Å². The summed E-state index contributed by atoms with van der Waals surface area (Å²) in [5.74, 6) is -1.65. The van der Waals surface area contributed by atoms with Crippen molar-refractivity contribution in [3.63, 3.8) is 0 Å². The number of likely N-dealkylation sites (tertiary alicyclic amines) is 1. The summed E-state index contributed by atoms with van der Waals surface area (Å²) in [5.41, 5.74) is 6.35. The smallest absolute Gasteiger partial charge is 0.398 e. The molecule has 2 fully saturated rings. The Balaban J connectivity index is 1.48. The van der Waals surface area contributed by atoms with E-state index >= 15 is 0 Å². The van der Waals surface area contributed by atoms with Crippen LogP contribution in [0.15, 0.2) is 36.4 Å². The van der Waals surface area contributed by atoms with E-state index in [1.807, 2.05) is 15.9 Å². The van der Waals surface area contributed by atoms with Crippen molar-refractivity contribution in [2.45, 2.75) is 24.7 Å². The van der Waals surface area contributed by atoms with E-state index in [0.717, 1.165) is 22.0 Å². The van der Waals surface area contributed by atoms with Gasteiger partial charge in [-0.1, -0.05) is 23.7 Å². The number of nitrogen functional groups attached to an aromatic ring is 1. The van der Waals surface area contributed by atoms with Crippen molar-refractivity contribution in [2.75, 3.05) is 72.7 Å². The molecule has 2 N–H and O–H groups in total. The van der Waals surface area contributed by atoms with E-state index in [1.165, 1.54) is 24.5 Å². The Labute approximate surface area is 248 Å².